The molecule has 0 spiro atoms. The van der Waals surface area contributed by atoms with E-state index >= 15 is 0 Å². The van der Waals surface area contributed by atoms with Crippen LogP contribution in [0.1, 0.15) is 11.1 Å². The third-order valence-corrected chi connectivity index (χ3v) is 4.66. The minimum absolute atomic E-state index is 0.208. The summed E-state index contributed by atoms with van der Waals surface area (Å²) in [6.45, 7) is 0. The average Bonchev–Trinajstić information content (AvgIpc) is 2.58. The summed E-state index contributed by atoms with van der Waals surface area (Å²) in [5.74, 6) is -3.73. The standard InChI is InChI=1S/C16H7ClF8INO2/c1-27(10-3-2-8(18)11(17)12(10)19)14(28)29-13-7(16(23,24)25)4-6(5-9(13)26)15(20,21)22/h2-5H,1H3. The number of benzene rings is 2. The maximum absolute atomic E-state index is 14.0. The van der Waals surface area contributed by atoms with Crippen LogP contribution in [0.25, 0.3) is 0 Å². The van der Waals surface area contributed by atoms with Gasteiger partial charge in [0.15, 0.2) is 11.6 Å². The lowest BCUT2D eigenvalue weighted by atomic mass is 10.1. The predicted octanol–water partition coefficient (Wildman–Crippen LogP) is 6.90. The molecule has 29 heavy (non-hydrogen) atoms. The van der Waals surface area contributed by atoms with Crippen molar-refractivity contribution < 1.29 is 44.7 Å². The minimum Gasteiger partial charge on any atom is -0.408 e. The van der Waals surface area contributed by atoms with Crippen LogP contribution in [-0.2, 0) is 12.4 Å². The molecular formula is C16H7ClF8INO2. The lowest BCUT2D eigenvalue weighted by Gasteiger charge is -2.21. The maximum atomic E-state index is 14.0. The fraction of sp³-hybridized carbons (Fsp3) is 0.188. The normalized spacial score (nSPS) is 12.1. The minimum atomic E-state index is -5.29. The summed E-state index contributed by atoms with van der Waals surface area (Å²) >= 11 is 6.52. The van der Waals surface area contributed by atoms with Gasteiger partial charge in [-0.25, -0.2) is 13.6 Å². The van der Waals surface area contributed by atoms with Crippen LogP contribution in [0, 0.1) is 15.2 Å². The molecule has 2 rings (SSSR count). The predicted molar refractivity (Wildman–Crippen MR) is 95.0 cm³/mol. The summed E-state index contributed by atoms with van der Waals surface area (Å²) in [5, 5.41) is -0.970. The molecule has 13 heteroatoms. The van der Waals surface area contributed by atoms with E-state index in [4.69, 9.17) is 11.6 Å². The van der Waals surface area contributed by atoms with Gasteiger partial charge < -0.3 is 4.74 Å². The van der Waals surface area contributed by atoms with Gasteiger partial charge in [-0.3, -0.25) is 4.90 Å². The highest BCUT2D eigenvalue weighted by Gasteiger charge is 2.41. The first-order valence-electron chi connectivity index (χ1n) is 7.21. The van der Waals surface area contributed by atoms with E-state index in [1.54, 1.807) is 0 Å². The molecule has 2 aromatic carbocycles. The van der Waals surface area contributed by atoms with Crippen LogP contribution in [0.5, 0.6) is 5.75 Å². The number of halogens is 10. The van der Waals surface area contributed by atoms with E-state index in [1.807, 2.05) is 0 Å². The van der Waals surface area contributed by atoms with Crippen LogP contribution in [-0.4, -0.2) is 13.1 Å². The first kappa shape index (κ1) is 23.4. The van der Waals surface area contributed by atoms with Crippen LogP contribution in [0.4, 0.5) is 45.6 Å². The van der Waals surface area contributed by atoms with Gasteiger partial charge >= 0.3 is 18.4 Å². The van der Waals surface area contributed by atoms with Crippen molar-refractivity contribution in [2.24, 2.45) is 0 Å². The van der Waals surface area contributed by atoms with Crippen molar-refractivity contribution in [1.82, 2.24) is 0 Å². The quantitative estimate of drug-likeness (QED) is 0.228. The molecule has 0 fully saturated rings. The van der Waals surface area contributed by atoms with Crippen LogP contribution in [0.15, 0.2) is 24.3 Å². The first-order valence-corrected chi connectivity index (χ1v) is 8.67. The number of hydrogen-bond donors (Lipinski definition) is 0. The molecule has 0 saturated carbocycles. The Morgan fingerprint density at radius 3 is 2.17 bits per heavy atom. The van der Waals surface area contributed by atoms with Gasteiger partial charge in [-0.05, 0) is 46.9 Å². The lowest BCUT2D eigenvalue weighted by molar-refractivity contribution is -0.143. The Labute approximate surface area is 176 Å². The molecule has 0 heterocycles. The molecule has 0 bridgehead atoms. The Kier molecular flexibility index (Phi) is 6.57. The summed E-state index contributed by atoms with van der Waals surface area (Å²) in [6, 6.07) is 1.63. The summed E-state index contributed by atoms with van der Waals surface area (Å²) < 4.78 is 109. The molecule has 0 N–H and O–H groups in total. The van der Waals surface area contributed by atoms with Gasteiger partial charge in [-0.1, -0.05) is 11.6 Å². The molecule has 0 unspecified atom stereocenters. The summed E-state index contributed by atoms with van der Waals surface area (Å²) in [5.41, 5.74) is -4.08. The molecule has 1 amide bonds. The molecule has 0 radical (unpaired) electrons. The van der Waals surface area contributed by atoms with Gasteiger partial charge in [0.05, 0.1) is 14.8 Å². The number of rotatable bonds is 2. The summed E-state index contributed by atoms with van der Waals surface area (Å²) in [6.07, 6.45) is -11.9. The number of anilines is 1. The average molecular weight is 560 g/mol. The van der Waals surface area contributed by atoms with E-state index in [-0.39, 0.29) is 6.07 Å². The van der Waals surface area contributed by atoms with Crippen LogP contribution < -0.4 is 9.64 Å². The molecule has 0 atom stereocenters. The zero-order valence-corrected chi connectivity index (χ0v) is 16.8. The van der Waals surface area contributed by atoms with E-state index < -0.39 is 61.2 Å². The van der Waals surface area contributed by atoms with Crippen LogP contribution in [0.3, 0.4) is 0 Å². The van der Waals surface area contributed by atoms with Crippen molar-refractivity contribution in [2.75, 3.05) is 11.9 Å². The second-order valence-electron chi connectivity index (χ2n) is 5.45. The van der Waals surface area contributed by atoms with Gasteiger partial charge in [0, 0.05) is 7.05 Å². The van der Waals surface area contributed by atoms with E-state index in [9.17, 15) is 39.9 Å². The highest BCUT2D eigenvalue weighted by atomic mass is 127. The maximum Gasteiger partial charge on any atom is 0.420 e. The highest BCUT2D eigenvalue weighted by Crippen LogP contribution is 2.43. The van der Waals surface area contributed by atoms with Crippen molar-refractivity contribution in [1.29, 1.82) is 0 Å². The third-order valence-electron chi connectivity index (χ3n) is 3.52. The van der Waals surface area contributed by atoms with Crippen LogP contribution in [0.2, 0.25) is 5.02 Å². The Balaban J connectivity index is 2.48. The molecular weight excluding hydrogens is 553 g/mol. The molecule has 0 aliphatic heterocycles. The second-order valence-corrected chi connectivity index (χ2v) is 6.99. The Hall–Kier alpha value is -1.83. The number of carbonyl (C=O) groups is 1. The Bertz CT molecular complexity index is 961. The zero-order valence-electron chi connectivity index (χ0n) is 13.9. The van der Waals surface area contributed by atoms with Gasteiger partial charge in [0.1, 0.15) is 16.4 Å². The molecule has 0 aliphatic rings. The fourth-order valence-electron chi connectivity index (χ4n) is 2.10. The van der Waals surface area contributed by atoms with Gasteiger partial charge in [0.25, 0.3) is 0 Å². The molecule has 2 aromatic rings. The lowest BCUT2D eigenvalue weighted by Crippen LogP contribution is -2.31. The first-order chi connectivity index (χ1) is 13.1. The van der Waals surface area contributed by atoms with Crippen molar-refractivity contribution in [3.8, 4) is 5.75 Å². The monoisotopic (exact) mass is 559 g/mol. The zero-order chi connectivity index (χ0) is 22.3. The van der Waals surface area contributed by atoms with Crippen molar-refractivity contribution >= 4 is 46.0 Å². The number of amides is 1. The largest absolute Gasteiger partial charge is 0.420 e. The van der Waals surface area contributed by atoms with Crippen LogP contribution >= 0.6 is 34.2 Å². The van der Waals surface area contributed by atoms with E-state index in [2.05, 4.69) is 4.74 Å². The number of hydrogen-bond acceptors (Lipinski definition) is 2. The molecule has 158 valence electrons. The molecule has 0 saturated heterocycles. The van der Waals surface area contributed by atoms with E-state index in [0.29, 0.717) is 17.0 Å². The van der Waals surface area contributed by atoms with Crippen molar-refractivity contribution in [2.45, 2.75) is 12.4 Å². The molecule has 0 aromatic heterocycles. The number of ether oxygens (including phenoxy) is 1. The molecule has 3 nitrogen and oxygen atoms in total. The Morgan fingerprint density at radius 2 is 1.66 bits per heavy atom. The topological polar surface area (TPSA) is 29.5 Å². The Morgan fingerprint density at radius 1 is 1.07 bits per heavy atom. The SMILES string of the molecule is CN(C(=O)Oc1c(I)cc(C(F)(F)F)cc1C(F)(F)F)c1ccc(F)c(Cl)c1F. The smallest absolute Gasteiger partial charge is 0.408 e. The van der Waals surface area contributed by atoms with Gasteiger partial charge in [-0.15, -0.1) is 0 Å². The number of carbonyl (C=O) groups excluding carboxylic acids is 1. The third kappa shape index (κ3) is 5.02. The van der Waals surface area contributed by atoms with Crippen molar-refractivity contribution in [3.05, 3.63) is 55.6 Å². The highest BCUT2D eigenvalue weighted by molar-refractivity contribution is 14.1. The second kappa shape index (κ2) is 8.13. The van der Waals surface area contributed by atoms with Gasteiger partial charge in [-0.2, -0.15) is 26.3 Å². The number of nitrogens with zero attached hydrogens (tertiary/aromatic N) is 1. The van der Waals surface area contributed by atoms with E-state index in [1.165, 1.54) is 0 Å². The number of alkyl halides is 6. The fourth-order valence-corrected chi connectivity index (χ4v) is 3.00. The summed E-state index contributed by atoms with van der Waals surface area (Å²) in [7, 11) is 0.888. The van der Waals surface area contributed by atoms with Gasteiger partial charge in [0.2, 0.25) is 0 Å². The molecule has 0 aliphatic carbocycles. The van der Waals surface area contributed by atoms with Crippen molar-refractivity contribution in [3.63, 3.8) is 0 Å². The van der Waals surface area contributed by atoms with E-state index in [0.717, 1.165) is 35.7 Å². The summed E-state index contributed by atoms with van der Waals surface area (Å²) in [4.78, 5) is 12.6.